The van der Waals surface area contributed by atoms with Crippen LogP contribution in [0.15, 0.2) is 24.3 Å². The van der Waals surface area contributed by atoms with Gasteiger partial charge in [0.2, 0.25) is 0 Å². The first-order chi connectivity index (χ1) is 8.06. The number of aliphatic carboxylic acids is 1. The summed E-state index contributed by atoms with van der Waals surface area (Å²) in [7, 11) is 1.54. The number of carbonyl (C=O) groups excluding carboxylic acids is 1. The number of rotatable bonds is 4. The molecule has 1 aromatic rings. The predicted molar refractivity (Wildman–Crippen MR) is 63.0 cm³/mol. The van der Waals surface area contributed by atoms with Crippen molar-refractivity contribution in [2.45, 2.75) is 6.04 Å². The van der Waals surface area contributed by atoms with Gasteiger partial charge in [-0.15, -0.1) is 0 Å². The predicted octanol–water partition coefficient (Wildman–Crippen LogP) is -0.135. The van der Waals surface area contributed by atoms with Crippen LogP contribution in [-0.4, -0.2) is 37.1 Å². The van der Waals surface area contributed by atoms with Crippen LogP contribution in [0.5, 0.6) is 5.75 Å². The van der Waals surface area contributed by atoms with E-state index < -0.39 is 12.0 Å². The molecule has 0 aliphatic heterocycles. The van der Waals surface area contributed by atoms with Crippen LogP contribution in [0.1, 0.15) is 10.4 Å². The highest BCUT2D eigenvalue weighted by molar-refractivity contribution is 5.79. The lowest BCUT2D eigenvalue weighted by Crippen LogP contribution is -2.37. The van der Waals surface area contributed by atoms with Crippen molar-refractivity contribution >= 4 is 12.3 Å². The van der Waals surface area contributed by atoms with Gasteiger partial charge in [-0.2, -0.15) is 0 Å². The molecule has 0 bridgehead atoms. The van der Waals surface area contributed by atoms with E-state index in [-0.39, 0.29) is 6.54 Å². The minimum atomic E-state index is -1.05. The van der Waals surface area contributed by atoms with E-state index in [1.54, 1.807) is 25.3 Å². The molecule has 6 nitrogen and oxygen atoms in total. The summed E-state index contributed by atoms with van der Waals surface area (Å²) in [5.41, 5.74) is 10.3. The standard InChI is InChI=1S/C8H8O2.C3H8N2O2/c1-10-8-5-3-2-4-7(8)6-9;4-1-2(5)3(6)7/h2-6H,1H3;2H,1,4-5H2,(H,6,7)/t;2-/m.0/s1. The van der Waals surface area contributed by atoms with Gasteiger partial charge >= 0.3 is 5.97 Å². The molecule has 1 rings (SSSR count). The number of hydrogen-bond acceptors (Lipinski definition) is 5. The van der Waals surface area contributed by atoms with E-state index in [4.69, 9.17) is 21.3 Å². The molecule has 6 heteroatoms. The van der Waals surface area contributed by atoms with Gasteiger partial charge in [0, 0.05) is 6.54 Å². The van der Waals surface area contributed by atoms with Crippen molar-refractivity contribution < 1.29 is 19.4 Å². The number of carbonyl (C=O) groups is 2. The molecule has 1 aromatic carbocycles. The second-order valence-electron chi connectivity index (χ2n) is 3.04. The number of hydrogen-bond donors (Lipinski definition) is 3. The molecule has 94 valence electrons. The Kier molecular flexibility index (Phi) is 7.32. The van der Waals surface area contributed by atoms with Gasteiger partial charge in [-0.3, -0.25) is 9.59 Å². The summed E-state index contributed by atoms with van der Waals surface area (Å²) in [6.07, 6.45) is 0.777. The number of carboxylic acid groups (broad SMARTS) is 1. The van der Waals surface area contributed by atoms with Crippen LogP contribution in [-0.2, 0) is 4.79 Å². The van der Waals surface area contributed by atoms with Crippen molar-refractivity contribution in [3.63, 3.8) is 0 Å². The minimum absolute atomic E-state index is 0.00463. The van der Waals surface area contributed by atoms with Crippen LogP contribution in [0.2, 0.25) is 0 Å². The van der Waals surface area contributed by atoms with E-state index in [1.165, 1.54) is 0 Å². The Bertz CT molecular complexity index is 368. The molecular formula is C11H16N2O4. The van der Waals surface area contributed by atoms with E-state index >= 15 is 0 Å². The lowest BCUT2D eigenvalue weighted by Gasteiger charge is -1.99. The highest BCUT2D eigenvalue weighted by atomic mass is 16.5. The van der Waals surface area contributed by atoms with E-state index in [9.17, 15) is 9.59 Å². The molecule has 5 N–H and O–H groups in total. The first-order valence-electron chi connectivity index (χ1n) is 4.83. The van der Waals surface area contributed by atoms with Crippen molar-refractivity contribution in [1.82, 2.24) is 0 Å². The van der Waals surface area contributed by atoms with Gasteiger partial charge in [0.05, 0.1) is 12.7 Å². The van der Waals surface area contributed by atoms with Crippen molar-refractivity contribution in [2.24, 2.45) is 11.5 Å². The van der Waals surface area contributed by atoms with Gasteiger partial charge in [0.1, 0.15) is 11.8 Å². The number of benzene rings is 1. The average molecular weight is 240 g/mol. The summed E-state index contributed by atoms with van der Waals surface area (Å²) in [5, 5.41) is 7.98. The normalized spacial score (nSPS) is 10.8. The SMILES string of the molecule is COc1ccccc1C=O.NC[C@H](N)C(=O)O. The van der Waals surface area contributed by atoms with Crippen LogP contribution in [0.3, 0.4) is 0 Å². The van der Waals surface area contributed by atoms with Crippen molar-refractivity contribution in [1.29, 1.82) is 0 Å². The van der Waals surface area contributed by atoms with Crippen molar-refractivity contribution in [3.05, 3.63) is 29.8 Å². The largest absolute Gasteiger partial charge is 0.496 e. The van der Waals surface area contributed by atoms with Gasteiger partial charge < -0.3 is 21.3 Å². The Morgan fingerprint density at radius 1 is 1.53 bits per heavy atom. The number of carboxylic acids is 1. The molecule has 1 atom stereocenters. The Morgan fingerprint density at radius 2 is 2.12 bits per heavy atom. The second-order valence-corrected chi connectivity index (χ2v) is 3.04. The van der Waals surface area contributed by atoms with Crippen LogP contribution >= 0.6 is 0 Å². The van der Waals surface area contributed by atoms with Gasteiger partial charge in [-0.25, -0.2) is 0 Å². The fourth-order valence-electron chi connectivity index (χ4n) is 0.865. The average Bonchev–Trinajstić information content (AvgIpc) is 2.38. The van der Waals surface area contributed by atoms with Crippen LogP contribution < -0.4 is 16.2 Å². The van der Waals surface area contributed by atoms with E-state index in [0.717, 1.165) is 6.29 Å². The van der Waals surface area contributed by atoms with Crippen LogP contribution in [0, 0.1) is 0 Å². The molecule has 0 amide bonds. The maximum Gasteiger partial charge on any atom is 0.321 e. The van der Waals surface area contributed by atoms with Crippen molar-refractivity contribution in [2.75, 3.05) is 13.7 Å². The maximum absolute atomic E-state index is 10.3. The lowest BCUT2D eigenvalue weighted by molar-refractivity contribution is -0.138. The molecule has 0 radical (unpaired) electrons. The van der Waals surface area contributed by atoms with E-state index in [0.29, 0.717) is 11.3 Å². The first kappa shape index (κ1) is 15.1. The third-order valence-corrected chi connectivity index (χ3v) is 1.84. The zero-order valence-corrected chi connectivity index (χ0v) is 9.50. The number of para-hydroxylation sites is 1. The number of aldehydes is 1. The van der Waals surface area contributed by atoms with Gasteiger partial charge in [0.25, 0.3) is 0 Å². The second kappa shape index (κ2) is 8.26. The summed E-state index contributed by atoms with van der Waals surface area (Å²) in [6.45, 7) is -0.00463. The summed E-state index contributed by atoms with van der Waals surface area (Å²) in [6, 6.07) is 6.19. The molecule has 17 heavy (non-hydrogen) atoms. The Hall–Kier alpha value is -1.92. The fraction of sp³-hybridized carbons (Fsp3) is 0.273. The summed E-state index contributed by atoms with van der Waals surface area (Å²) < 4.78 is 4.90. The minimum Gasteiger partial charge on any atom is -0.496 e. The molecule has 0 aliphatic carbocycles. The monoisotopic (exact) mass is 240 g/mol. The summed E-state index contributed by atoms with van der Waals surface area (Å²) in [5.74, 6) is -0.431. The Morgan fingerprint density at radius 3 is 2.41 bits per heavy atom. The molecule has 0 aromatic heterocycles. The Balaban J connectivity index is 0.000000325. The number of ether oxygens (including phenoxy) is 1. The molecule has 0 saturated carbocycles. The zero-order chi connectivity index (χ0) is 13.3. The van der Waals surface area contributed by atoms with E-state index in [1.807, 2.05) is 6.07 Å². The third kappa shape index (κ3) is 5.64. The molecule has 0 saturated heterocycles. The van der Waals surface area contributed by atoms with E-state index in [2.05, 4.69) is 0 Å². The third-order valence-electron chi connectivity index (χ3n) is 1.84. The summed E-state index contributed by atoms with van der Waals surface area (Å²) >= 11 is 0. The number of nitrogens with two attached hydrogens (primary N) is 2. The molecule has 0 aliphatic rings. The first-order valence-corrected chi connectivity index (χ1v) is 4.83. The highest BCUT2D eigenvalue weighted by Crippen LogP contribution is 2.13. The molecule has 0 spiro atoms. The molecular weight excluding hydrogens is 224 g/mol. The number of methoxy groups -OCH3 is 1. The zero-order valence-electron chi connectivity index (χ0n) is 9.50. The lowest BCUT2D eigenvalue weighted by atomic mass is 10.2. The van der Waals surface area contributed by atoms with Crippen LogP contribution in [0.25, 0.3) is 0 Å². The van der Waals surface area contributed by atoms with Gasteiger partial charge in [0.15, 0.2) is 6.29 Å². The topological polar surface area (TPSA) is 116 Å². The smallest absolute Gasteiger partial charge is 0.321 e. The maximum atomic E-state index is 10.3. The molecule has 0 unspecified atom stereocenters. The van der Waals surface area contributed by atoms with Crippen molar-refractivity contribution in [3.8, 4) is 5.75 Å². The van der Waals surface area contributed by atoms with Crippen LogP contribution in [0.4, 0.5) is 0 Å². The molecule has 0 heterocycles. The highest BCUT2D eigenvalue weighted by Gasteiger charge is 2.05. The summed E-state index contributed by atoms with van der Waals surface area (Å²) in [4.78, 5) is 20.0. The molecule has 0 fully saturated rings. The van der Waals surface area contributed by atoms with Gasteiger partial charge in [-0.1, -0.05) is 12.1 Å². The van der Waals surface area contributed by atoms with Gasteiger partial charge in [-0.05, 0) is 12.1 Å². The quantitative estimate of drug-likeness (QED) is 0.631. The Labute approximate surface area is 99.2 Å². The fourth-order valence-corrected chi connectivity index (χ4v) is 0.865.